The van der Waals surface area contributed by atoms with Crippen LogP contribution in [0.25, 0.3) is 10.6 Å². The lowest BCUT2D eigenvalue weighted by Gasteiger charge is -2.15. The Hall–Kier alpha value is -2.57. The van der Waals surface area contributed by atoms with Gasteiger partial charge in [-0.05, 0) is 36.6 Å². The average molecular weight is 393 g/mol. The van der Waals surface area contributed by atoms with Crippen molar-refractivity contribution in [3.05, 3.63) is 71.5 Å². The Balaban J connectivity index is 1.20. The van der Waals surface area contributed by atoms with Crippen LogP contribution in [-0.4, -0.2) is 47.0 Å². The lowest BCUT2D eigenvalue weighted by Crippen LogP contribution is -2.36. The molecule has 3 heterocycles. The Morgan fingerprint density at radius 1 is 1.21 bits per heavy atom. The van der Waals surface area contributed by atoms with E-state index >= 15 is 0 Å². The van der Waals surface area contributed by atoms with Gasteiger partial charge in [-0.1, -0.05) is 30.3 Å². The predicted molar refractivity (Wildman–Crippen MR) is 112 cm³/mol. The maximum atomic E-state index is 12.3. The second-order valence-electron chi connectivity index (χ2n) is 7.12. The molecule has 5 nitrogen and oxygen atoms in total. The number of aromatic nitrogens is 2. The molecule has 3 aromatic rings. The van der Waals surface area contributed by atoms with Gasteiger partial charge >= 0.3 is 0 Å². The quantitative estimate of drug-likeness (QED) is 0.670. The van der Waals surface area contributed by atoms with Gasteiger partial charge in [0.1, 0.15) is 5.01 Å². The van der Waals surface area contributed by atoms with Gasteiger partial charge in [0.25, 0.3) is 0 Å². The standard InChI is InChI=1S/C22H24N4OS/c27-21(15-26-12-9-19(14-26)17-5-2-1-3-6-17)24-11-8-20-16-28-22(25-20)18-7-4-10-23-13-18/h1-7,10,13,16,19H,8-9,11-12,14-15H2,(H,24,27)/t19-/m0/s1. The number of nitrogens with one attached hydrogen (secondary N) is 1. The highest BCUT2D eigenvalue weighted by atomic mass is 32.1. The van der Waals surface area contributed by atoms with Crippen LogP contribution in [0, 0.1) is 0 Å². The van der Waals surface area contributed by atoms with Gasteiger partial charge in [-0.2, -0.15) is 0 Å². The van der Waals surface area contributed by atoms with Gasteiger partial charge in [0.2, 0.25) is 5.91 Å². The largest absolute Gasteiger partial charge is 0.355 e. The molecule has 1 aliphatic rings. The van der Waals surface area contributed by atoms with Crippen molar-refractivity contribution in [1.82, 2.24) is 20.2 Å². The number of carbonyl (C=O) groups is 1. The molecule has 1 N–H and O–H groups in total. The smallest absolute Gasteiger partial charge is 0.234 e. The maximum Gasteiger partial charge on any atom is 0.234 e. The molecular formula is C22H24N4OS. The predicted octanol–water partition coefficient (Wildman–Crippen LogP) is 3.35. The van der Waals surface area contributed by atoms with Crippen LogP contribution in [0.1, 0.15) is 23.6 Å². The summed E-state index contributed by atoms with van der Waals surface area (Å²) in [6.07, 6.45) is 5.45. The molecule has 1 fully saturated rings. The van der Waals surface area contributed by atoms with Crippen LogP contribution in [0.3, 0.4) is 0 Å². The van der Waals surface area contributed by atoms with Crippen LogP contribution in [0.5, 0.6) is 0 Å². The number of likely N-dealkylation sites (tertiary alicyclic amines) is 1. The minimum atomic E-state index is 0.0939. The first-order valence-corrected chi connectivity index (χ1v) is 10.5. The fourth-order valence-electron chi connectivity index (χ4n) is 3.61. The summed E-state index contributed by atoms with van der Waals surface area (Å²) in [5.41, 5.74) is 3.41. The molecule has 1 saturated heterocycles. The zero-order chi connectivity index (χ0) is 19.2. The molecule has 1 amide bonds. The summed E-state index contributed by atoms with van der Waals surface area (Å²) < 4.78 is 0. The molecule has 0 radical (unpaired) electrons. The highest BCUT2D eigenvalue weighted by Crippen LogP contribution is 2.26. The van der Waals surface area contributed by atoms with Crippen molar-refractivity contribution in [1.29, 1.82) is 0 Å². The summed E-state index contributed by atoms with van der Waals surface area (Å²) >= 11 is 1.61. The van der Waals surface area contributed by atoms with Crippen molar-refractivity contribution >= 4 is 17.2 Å². The van der Waals surface area contributed by atoms with Gasteiger partial charge in [0, 0.05) is 42.8 Å². The molecule has 6 heteroatoms. The molecule has 1 aliphatic heterocycles. The summed E-state index contributed by atoms with van der Waals surface area (Å²) in [6.45, 7) is 3.03. The topological polar surface area (TPSA) is 58.1 Å². The van der Waals surface area contributed by atoms with E-state index < -0.39 is 0 Å². The van der Waals surface area contributed by atoms with E-state index in [4.69, 9.17) is 0 Å². The van der Waals surface area contributed by atoms with Crippen molar-refractivity contribution in [3.63, 3.8) is 0 Å². The Kier molecular flexibility index (Phi) is 6.09. The van der Waals surface area contributed by atoms with Crippen LogP contribution in [-0.2, 0) is 11.2 Å². The average Bonchev–Trinajstić information content (AvgIpc) is 3.39. The Morgan fingerprint density at radius 2 is 2.11 bits per heavy atom. The fraction of sp³-hybridized carbons (Fsp3) is 0.318. The summed E-state index contributed by atoms with van der Waals surface area (Å²) in [7, 11) is 0. The minimum absolute atomic E-state index is 0.0939. The van der Waals surface area contributed by atoms with Gasteiger partial charge < -0.3 is 5.32 Å². The van der Waals surface area contributed by atoms with Crippen LogP contribution in [0.15, 0.2) is 60.2 Å². The first kappa shape index (κ1) is 18.8. The zero-order valence-corrected chi connectivity index (χ0v) is 16.6. The third-order valence-corrected chi connectivity index (χ3v) is 6.01. The summed E-state index contributed by atoms with van der Waals surface area (Å²) in [6, 6.07) is 14.5. The summed E-state index contributed by atoms with van der Waals surface area (Å²) in [5, 5.41) is 6.06. The van der Waals surface area contributed by atoms with E-state index in [0.29, 0.717) is 19.0 Å². The molecule has 1 atom stereocenters. The van der Waals surface area contributed by atoms with Crippen molar-refractivity contribution < 1.29 is 4.79 Å². The Labute approximate surface area is 169 Å². The molecule has 4 rings (SSSR count). The normalized spacial score (nSPS) is 16.9. The Bertz CT molecular complexity index is 897. The fourth-order valence-corrected chi connectivity index (χ4v) is 4.45. The lowest BCUT2D eigenvalue weighted by molar-refractivity contribution is -0.122. The summed E-state index contributed by atoms with van der Waals surface area (Å²) in [5.74, 6) is 0.631. The van der Waals surface area contributed by atoms with Gasteiger partial charge in [-0.3, -0.25) is 14.7 Å². The van der Waals surface area contributed by atoms with Crippen molar-refractivity contribution in [2.45, 2.75) is 18.8 Å². The van der Waals surface area contributed by atoms with E-state index in [2.05, 4.69) is 49.8 Å². The van der Waals surface area contributed by atoms with E-state index in [9.17, 15) is 4.79 Å². The molecule has 2 aromatic heterocycles. The SMILES string of the molecule is O=C(CN1CC[C@H](c2ccccc2)C1)NCCc1csc(-c2cccnc2)n1. The molecule has 0 unspecified atom stereocenters. The third-order valence-electron chi connectivity index (χ3n) is 5.07. The third kappa shape index (κ3) is 4.82. The van der Waals surface area contributed by atoms with Crippen LogP contribution >= 0.6 is 11.3 Å². The van der Waals surface area contributed by atoms with E-state index in [-0.39, 0.29) is 5.91 Å². The van der Waals surface area contributed by atoms with Gasteiger partial charge in [-0.25, -0.2) is 4.98 Å². The monoisotopic (exact) mass is 392 g/mol. The number of hydrogen-bond donors (Lipinski definition) is 1. The molecule has 0 bridgehead atoms. The molecule has 0 aliphatic carbocycles. The van der Waals surface area contributed by atoms with Gasteiger partial charge in [0.15, 0.2) is 0 Å². The second kappa shape index (κ2) is 9.08. The molecule has 0 spiro atoms. The van der Waals surface area contributed by atoms with Gasteiger partial charge in [-0.15, -0.1) is 11.3 Å². The number of nitrogens with zero attached hydrogens (tertiary/aromatic N) is 3. The van der Waals surface area contributed by atoms with Crippen LogP contribution in [0.2, 0.25) is 0 Å². The molecule has 0 saturated carbocycles. The van der Waals surface area contributed by atoms with E-state index in [1.165, 1.54) is 5.56 Å². The van der Waals surface area contributed by atoms with E-state index in [0.717, 1.165) is 42.2 Å². The van der Waals surface area contributed by atoms with Gasteiger partial charge in [0.05, 0.1) is 12.2 Å². The summed E-state index contributed by atoms with van der Waals surface area (Å²) in [4.78, 5) is 23.3. The van der Waals surface area contributed by atoms with Crippen molar-refractivity contribution in [3.8, 4) is 10.6 Å². The number of amides is 1. The van der Waals surface area contributed by atoms with E-state index in [1.54, 1.807) is 17.5 Å². The molecule has 28 heavy (non-hydrogen) atoms. The Morgan fingerprint density at radius 3 is 2.93 bits per heavy atom. The van der Waals surface area contributed by atoms with Crippen LogP contribution < -0.4 is 5.32 Å². The number of thiazole rings is 1. The van der Waals surface area contributed by atoms with Crippen molar-refractivity contribution in [2.75, 3.05) is 26.2 Å². The first-order valence-electron chi connectivity index (χ1n) is 9.67. The molecule has 144 valence electrons. The number of carbonyl (C=O) groups excluding carboxylic acids is 1. The first-order chi connectivity index (χ1) is 13.8. The lowest BCUT2D eigenvalue weighted by atomic mass is 9.99. The second-order valence-corrected chi connectivity index (χ2v) is 7.98. The van der Waals surface area contributed by atoms with Crippen molar-refractivity contribution in [2.24, 2.45) is 0 Å². The highest BCUT2D eigenvalue weighted by Gasteiger charge is 2.24. The molecular weight excluding hydrogens is 368 g/mol. The zero-order valence-electron chi connectivity index (χ0n) is 15.8. The highest BCUT2D eigenvalue weighted by molar-refractivity contribution is 7.13. The maximum absolute atomic E-state index is 12.3. The molecule has 1 aromatic carbocycles. The number of benzene rings is 1. The van der Waals surface area contributed by atoms with Crippen LogP contribution in [0.4, 0.5) is 0 Å². The van der Waals surface area contributed by atoms with E-state index in [1.807, 2.05) is 24.4 Å². The minimum Gasteiger partial charge on any atom is -0.355 e. The number of hydrogen-bond acceptors (Lipinski definition) is 5. The number of pyridine rings is 1. The number of rotatable bonds is 7.